The van der Waals surface area contributed by atoms with Crippen LogP contribution >= 0.6 is 0 Å². The molecule has 0 aliphatic carbocycles. The number of ether oxygens (including phenoxy) is 1. The van der Waals surface area contributed by atoms with Gasteiger partial charge in [0.25, 0.3) is 10.2 Å². The fourth-order valence-corrected chi connectivity index (χ4v) is 4.17. The first-order chi connectivity index (χ1) is 9.56. The third-order valence-electron chi connectivity index (χ3n) is 3.76. The van der Waals surface area contributed by atoms with Gasteiger partial charge in [-0.1, -0.05) is 6.92 Å². The summed E-state index contributed by atoms with van der Waals surface area (Å²) in [7, 11) is -1.39. The zero-order valence-corrected chi connectivity index (χ0v) is 13.8. The normalized spacial score (nSPS) is 18.8. The van der Waals surface area contributed by atoms with Gasteiger partial charge < -0.3 is 10.1 Å². The Bertz CT molecular complexity index is 354. The third kappa shape index (κ3) is 4.96. The summed E-state index contributed by atoms with van der Waals surface area (Å²) in [5.74, 6) is 0.588. The predicted octanol–water partition coefficient (Wildman–Crippen LogP) is 0.521. The van der Waals surface area contributed by atoms with Crippen molar-refractivity contribution >= 4 is 10.2 Å². The summed E-state index contributed by atoms with van der Waals surface area (Å²) in [6.07, 6.45) is 1.87. The maximum Gasteiger partial charge on any atom is 0.282 e. The Morgan fingerprint density at radius 1 is 1.30 bits per heavy atom. The summed E-state index contributed by atoms with van der Waals surface area (Å²) >= 11 is 0. The van der Waals surface area contributed by atoms with E-state index < -0.39 is 10.2 Å². The lowest BCUT2D eigenvalue weighted by Gasteiger charge is -2.34. The van der Waals surface area contributed by atoms with E-state index in [1.165, 1.54) is 4.31 Å². The molecule has 0 aromatic heterocycles. The molecule has 1 fully saturated rings. The second-order valence-corrected chi connectivity index (χ2v) is 7.02. The SMILES string of the molecule is CCOCCN(CC)S(=O)(=O)N1CCC(CNC)CC1. The van der Waals surface area contributed by atoms with Crippen molar-refractivity contribution < 1.29 is 13.2 Å². The van der Waals surface area contributed by atoms with Crippen molar-refractivity contribution in [3.05, 3.63) is 0 Å². The summed E-state index contributed by atoms with van der Waals surface area (Å²) in [4.78, 5) is 0. The maximum atomic E-state index is 12.6. The van der Waals surface area contributed by atoms with Crippen LogP contribution in [0.15, 0.2) is 0 Å². The van der Waals surface area contributed by atoms with Crippen LogP contribution in [0.5, 0.6) is 0 Å². The van der Waals surface area contributed by atoms with Crippen molar-refractivity contribution in [2.45, 2.75) is 26.7 Å². The predicted molar refractivity (Wildman–Crippen MR) is 80.9 cm³/mol. The van der Waals surface area contributed by atoms with E-state index in [4.69, 9.17) is 4.74 Å². The van der Waals surface area contributed by atoms with Crippen LogP contribution in [0.25, 0.3) is 0 Å². The van der Waals surface area contributed by atoms with Gasteiger partial charge in [0, 0.05) is 32.8 Å². The molecule has 1 aliphatic rings. The molecular formula is C13H29N3O3S. The van der Waals surface area contributed by atoms with E-state index in [0.717, 1.165) is 19.4 Å². The molecule has 6 nitrogen and oxygen atoms in total. The van der Waals surface area contributed by atoms with E-state index >= 15 is 0 Å². The molecule has 0 atom stereocenters. The highest BCUT2D eigenvalue weighted by Gasteiger charge is 2.31. The Kier molecular flexibility index (Phi) is 7.98. The first-order valence-corrected chi connectivity index (χ1v) is 8.93. The molecule has 0 aromatic carbocycles. The topological polar surface area (TPSA) is 61.9 Å². The van der Waals surface area contributed by atoms with E-state index in [9.17, 15) is 8.42 Å². The Morgan fingerprint density at radius 3 is 2.45 bits per heavy atom. The molecule has 1 heterocycles. The monoisotopic (exact) mass is 307 g/mol. The minimum Gasteiger partial charge on any atom is -0.380 e. The van der Waals surface area contributed by atoms with Crippen molar-refractivity contribution in [2.24, 2.45) is 5.92 Å². The molecule has 0 bridgehead atoms. The molecule has 1 N–H and O–H groups in total. The highest BCUT2D eigenvalue weighted by atomic mass is 32.2. The van der Waals surface area contributed by atoms with Gasteiger partial charge in [-0.3, -0.25) is 0 Å². The zero-order valence-electron chi connectivity index (χ0n) is 13.0. The van der Waals surface area contributed by atoms with Crippen LogP contribution < -0.4 is 5.32 Å². The highest BCUT2D eigenvalue weighted by molar-refractivity contribution is 7.86. The summed E-state index contributed by atoms with van der Waals surface area (Å²) in [5.41, 5.74) is 0. The van der Waals surface area contributed by atoms with Crippen molar-refractivity contribution in [1.29, 1.82) is 0 Å². The van der Waals surface area contributed by atoms with Crippen LogP contribution in [0, 0.1) is 5.92 Å². The van der Waals surface area contributed by atoms with E-state index in [1.54, 1.807) is 4.31 Å². The number of nitrogens with one attached hydrogen (secondary N) is 1. The largest absolute Gasteiger partial charge is 0.380 e. The molecule has 1 aliphatic heterocycles. The molecule has 0 aromatic rings. The molecule has 0 amide bonds. The number of rotatable bonds is 9. The molecule has 0 unspecified atom stereocenters. The lowest BCUT2D eigenvalue weighted by Crippen LogP contribution is -2.48. The molecular weight excluding hydrogens is 278 g/mol. The number of hydrogen-bond donors (Lipinski definition) is 1. The number of piperidine rings is 1. The Morgan fingerprint density at radius 2 is 1.95 bits per heavy atom. The number of hydrogen-bond acceptors (Lipinski definition) is 4. The standard InChI is InChI=1S/C13H29N3O3S/c1-4-15(10-11-19-5-2)20(17,18)16-8-6-13(7-9-16)12-14-3/h13-14H,4-12H2,1-3H3. The Balaban J connectivity index is 2.54. The van der Waals surface area contributed by atoms with Gasteiger partial charge in [0.05, 0.1) is 6.61 Å². The summed E-state index contributed by atoms with van der Waals surface area (Å²) < 4.78 is 33.5. The van der Waals surface area contributed by atoms with Gasteiger partial charge in [-0.25, -0.2) is 0 Å². The minimum absolute atomic E-state index is 0.434. The number of nitrogens with zero attached hydrogens (tertiary/aromatic N) is 2. The second kappa shape index (κ2) is 8.94. The average Bonchev–Trinajstić information content (AvgIpc) is 2.44. The molecule has 120 valence electrons. The molecule has 0 radical (unpaired) electrons. The van der Waals surface area contributed by atoms with Gasteiger partial charge in [-0.05, 0) is 39.3 Å². The van der Waals surface area contributed by atoms with Crippen LogP contribution in [0.1, 0.15) is 26.7 Å². The van der Waals surface area contributed by atoms with Gasteiger partial charge in [-0.2, -0.15) is 17.0 Å². The van der Waals surface area contributed by atoms with Crippen molar-refractivity contribution in [2.75, 3.05) is 53.0 Å². The van der Waals surface area contributed by atoms with Gasteiger partial charge in [-0.15, -0.1) is 0 Å². The first-order valence-electron chi connectivity index (χ1n) is 7.53. The quantitative estimate of drug-likeness (QED) is 0.631. The second-order valence-electron chi connectivity index (χ2n) is 5.10. The molecule has 20 heavy (non-hydrogen) atoms. The average molecular weight is 307 g/mol. The van der Waals surface area contributed by atoms with Gasteiger partial charge in [0.1, 0.15) is 0 Å². The van der Waals surface area contributed by atoms with Crippen LogP contribution in [0.4, 0.5) is 0 Å². The van der Waals surface area contributed by atoms with Crippen molar-refractivity contribution in [1.82, 2.24) is 13.9 Å². The van der Waals surface area contributed by atoms with E-state index in [0.29, 0.717) is 45.3 Å². The van der Waals surface area contributed by atoms with Gasteiger partial charge >= 0.3 is 0 Å². The Labute approximate surface area is 123 Å². The maximum absolute atomic E-state index is 12.6. The van der Waals surface area contributed by atoms with Gasteiger partial charge in [0.2, 0.25) is 0 Å². The van der Waals surface area contributed by atoms with Crippen LogP contribution in [-0.4, -0.2) is 70.0 Å². The lowest BCUT2D eigenvalue weighted by atomic mass is 9.98. The molecule has 0 saturated carbocycles. The van der Waals surface area contributed by atoms with Crippen molar-refractivity contribution in [3.63, 3.8) is 0 Å². The van der Waals surface area contributed by atoms with E-state index in [2.05, 4.69) is 5.32 Å². The van der Waals surface area contributed by atoms with Crippen LogP contribution in [0.2, 0.25) is 0 Å². The van der Waals surface area contributed by atoms with Crippen LogP contribution in [-0.2, 0) is 14.9 Å². The molecule has 1 saturated heterocycles. The smallest absolute Gasteiger partial charge is 0.282 e. The summed E-state index contributed by atoms with van der Waals surface area (Å²) in [5, 5.41) is 3.16. The first kappa shape index (κ1) is 17.8. The summed E-state index contributed by atoms with van der Waals surface area (Å²) in [6.45, 7) is 8.01. The molecule has 0 spiro atoms. The fourth-order valence-electron chi connectivity index (χ4n) is 2.54. The third-order valence-corrected chi connectivity index (χ3v) is 5.87. The number of likely N-dealkylation sites (N-methyl/N-ethyl adjacent to an activating group) is 1. The van der Waals surface area contributed by atoms with Crippen molar-refractivity contribution in [3.8, 4) is 0 Å². The molecule has 7 heteroatoms. The lowest BCUT2D eigenvalue weighted by molar-refractivity contribution is 0.133. The minimum atomic E-state index is -3.33. The van der Waals surface area contributed by atoms with E-state index in [-0.39, 0.29) is 0 Å². The fraction of sp³-hybridized carbons (Fsp3) is 1.00. The highest BCUT2D eigenvalue weighted by Crippen LogP contribution is 2.20. The summed E-state index contributed by atoms with van der Waals surface area (Å²) in [6, 6.07) is 0. The van der Waals surface area contributed by atoms with Gasteiger partial charge in [0.15, 0.2) is 0 Å². The van der Waals surface area contributed by atoms with E-state index in [1.807, 2.05) is 20.9 Å². The Hall–Kier alpha value is -0.210. The zero-order chi connectivity index (χ0) is 15.0. The molecule has 1 rings (SSSR count). The van der Waals surface area contributed by atoms with Crippen LogP contribution in [0.3, 0.4) is 0 Å².